The fraction of sp³-hybridized carbons (Fsp3) is 0.500. The van der Waals surface area contributed by atoms with Gasteiger partial charge in [-0.05, 0) is 5.92 Å². The number of primary amides is 1. The van der Waals surface area contributed by atoms with E-state index in [0.29, 0.717) is 11.6 Å². The number of likely N-dealkylation sites (N-methyl/N-ethyl adjacent to an activating group) is 1. The third-order valence-electron chi connectivity index (χ3n) is 2.33. The summed E-state index contributed by atoms with van der Waals surface area (Å²) in [7, 11) is 1.75. The lowest BCUT2D eigenvalue weighted by Gasteiger charge is -2.22. The fourth-order valence-electron chi connectivity index (χ4n) is 1.65. The summed E-state index contributed by atoms with van der Waals surface area (Å²) in [5, 5.41) is 0. The summed E-state index contributed by atoms with van der Waals surface area (Å²) >= 11 is 0. The highest BCUT2D eigenvalue weighted by atomic mass is 16.1. The highest BCUT2D eigenvalue weighted by Crippen LogP contribution is 2.29. The van der Waals surface area contributed by atoms with Crippen molar-refractivity contribution in [3.8, 4) is 0 Å². The Morgan fingerprint density at radius 2 is 2.18 bits per heavy atom. The molecule has 0 saturated heterocycles. The number of nitrogens with two attached hydrogens (primary N) is 2. The molecule has 0 bridgehead atoms. The number of hydrogen-bond donors (Lipinski definition) is 3. The van der Waals surface area contributed by atoms with Crippen LogP contribution in [0.4, 0.5) is 11.6 Å². The van der Waals surface area contributed by atoms with E-state index in [1.807, 2.05) is 13.8 Å². The first-order valence-corrected chi connectivity index (χ1v) is 5.28. The highest BCUT2D eigenvalue weighted by Gasteiger charge is 2.18. The summed E-state index contributed by atoms with van der Waals surface area (Å²) in [5.74, 6) is 6.38. The van der Waals surface area contributed by atoms with Crippen molar-refractivity contribution in [2.75, 3.05) is 23.9 Å². The first kappa shape index (κ1) is 13.2. The second-order valence-corrected chi connectivity index (χ2v) is 4.08. The molecule has 0 unspecified atom stereocenters. The Hall–Kier alpha value is -1.89. The third-order valence-corrected chi connectivity index (χ3v) is 2.33. The largest absolute Gasteiger partial charge is 0.368 e. The molecular formula is C10H18N6O. The van der Waals surface area contributed by atoms with Crippen LogP contribution in [-0.2, 0) is 4.79 Å². The van der Waals surface area contributed by atoms with Crippen LogP contribution in [0.1, 0.15) is 25.3 Å². The first-order valence-electron chi connectivity index (χ1n) is 5.28. The molecule has 0 spiro atoms. The van der Waals surface area contributed by atoms with Crippen LogP contribution in [0.3, 0.4) is 0 Å². The second-order valence-electron chi connectivity index (χ2n) is 4.08. The van der Waals surface area contributed by atoms with Gasteiger partial charge in [0.25, 0.3) is 0 Å². The minimum atomic E-state index is -0.414. The molecule has 94 valence electrons. The van der Waals surface area contributed by atoms with E-state index in [4.69, 9.17) is 11.6 Å². The van der Waals surface area contributed by atoms with Crippen LogP contribution < -0.4 is 21.9 Å². The van der Waals surface area contributed by atoms with Gasteiger partial charge in [0.15, 0.2) is 0 Å². The smallest absolute Gasteiger partial charge is 0.236 e. The van der Waals surface area contributed by atoms with Gasteiger partial charge in [-0.25, -0.2) is 15.8 Å². The molecule has 5 N–H and O–H groups in total. The Kier molecular flexibility index (Phi) is 4.22. The molecule has 1 aromatic heterocycles. The normalized spacial score (nSPS) is 10.4. The summed E-state index contributed by atoms with van der Waals surface area (Å²) in [6.45, 7) is 4.10. The number of aromatic nitrogens is 2. The van der Waals surface area contributed by atoms with Gasteiger partial charge in [-0.2, -0.15) is 0 Å². The molecule has 1 amide bonds. The third kappa shape index (κ3) is 3.04. The first-order chi connectivity index (χ1) is 7.97. The van der Waals surface area contributed by atoms with Crippen LogP contribution >= 0.6 is 0 Å². The molecule has 0 aliphatic heterocycles. The minimum Gasteiger partial charge on any atom is -0.368 e. The van der Waals surface area contributed by atoms with Crippen LogP contribution in [-0.4, -0.2) is 29.5 Å². The number of nitrogens with zero attached hydrogens (tertiary/aromatic N) is 3. The van der Waals surface area contributed by atoms with E-state index in [9.17, 15) is 4.79 Å². The molecular weight excluding hydrogens is 220 g/mol. The van der Waals surface area contributed by atoms with E-state index >= 15 is 0 Å². The highest BCUT2D eigenvalue weighted by molar-refractivity contribution is 5.79. The predicted molar refractivity (Wildman–Crippen MR) is 66.4 cm³/mol. The molecule has 17 heavy (non-hydrogen) atoms. The summed E-state index contributed by atoms with van der Waals surface area (Å²) in [6, 6.07) is 0. The Labute approximate surface area is 100 Å². The van der Waals surface area contributed by atoms with Crippen LogP contribution in [0.25, 0.3) is 0 Å². The zero-order valence-electron chi connectivity index (χ0n) is 10.3. The number of hydrogen-bond acceptors (Lipinski definition) is 6. The average Bonchev–Trinajstić information content (AvgIpc) is 2.26. The number of carbonyl (C=O) groups excluding carboxylic acids is 1. The van der Waals surface area contributed by atoms with Crippen LogP contribution in [0.15, 0.2) is 6.33 Å². The standard InChI is InChI=1S/C10H18N6O/c1-6(2)8-9(15-12)13-5-14-10(8)16(3)4-7(11)17/h5-6H,4,12H2,1-3H3,(H2,11,17)(H,13,14,15). The van der Waals surface area contributed by atoms with Crippen LogP contribution in [0.5, 0.6) is 0 Å². The van der Waals surface area contributed by atoms with Crippen molar-refractivity contribution in [1.82, 2.24) is 9.97 Å². The van der Waals surface area contributed by atoms with Crippen molar-refractivity contribution in [2.24, 2.45) is 11.6 Å². The SMILES string of the molecule is CC(C)c1c(NN)ncnc1N(C)CC(N)=O. The molecule has 1 rings (SSSR count). The van der Waals surface area contributed by atoms with E-state index in [0.717, 1.165) is 5.56 Å². The monoisotopic (exact) mass is 238 g/mol. The van der Waals surface area contributed by atoms with Crippen molar-refractivity contribution in [2.45, 2.75) is 19.8 Å². The van der Waals surface area contributed by atoms with E-state index < -0.39 is 5.91 Å². The molecule has 0 atom stereocenters. The summed E-state index contributed by atoms with van der Waals surface area (Å²) in [6.07, 6.45) is 1.40. The lowest BCUT2D eigenvalue weighted by atomic mass is 10.0. The maximum absolute atomic E-state index is 10.9. The number of rotatable bonds is 5. The van der Waals surface area contributed by atoms with Crippen LogP contribution in [0.2, 0.25) is 0 Å². The molecule has 0 fully saturated rings. The molecule has 1 heterocycles. The zero-order valence-corrected chi connectivity index (χ0v) is 10.3. The summed E-state index contributed by atoms with van der Waals surface area (Å²) < 4.78 is 0. The van der Waals surface area contributed by atoms with E-state index in [2.05, 4.69) is 15.4 Å². The number of carbonyl (C=O) groups is 1. The quantitative estimate of drug-likeness (QED) is 0.484. The molecule has 0 aromatic carbocycles. The number of hydrazine groups is 1. The lowest BCUT2D eigenvalue weighted by molar-refractivity contribution is -0.116. The molecule has 1 aromatic rings. The average molecular weight is 238 g/mol. The predicted octanol–water partition coefficient (Wildman–Crippen LogP) is -0.193. The number of anilines is 2. The van der Waals surface area contributed by atoms with Crippen molar-refractivity contribution >= 4 is 17.5 Å². The maximum atomic E-state index is 10.9. The molecule has 0 saturated carbocycles. The van der Waals surface area contributed by atoms with Crippen molar-refractivity contribution in [1.29, 1.82) is 0 Å². The van der Waals surface area contributed by atoms with Crippen molar-refractivity contribution < 1.29 is 4.79 Å². The fourth-order valence-corrected chi connectivity index (χ4v) is 1.65. The molecule has 7 nitrogen and oxygen atoms in total. The van der Waals surface area contributed by atoms with Crippen molar-refractivity contribution in [3.63, 3.8) is 0 Å². The van der Waals surface area contributed by atoms with E-state index in [1.54, 1.807) is 11.9 Å². The Balaban J connectivity index is 3.18. The zero-order chi connectivity index (χ0) is 13.0. The number of amides is 1. The molecule has 7 heteroatoms. The summed E-state index contributed by atoms with van der Waals surface area (Å²) in [5.41, 5.74) is 8.55. The topological polar surface area (TPSA) is 110 Å². The molecule has 0 radical (unpaired) electrons. The van der Waals surface area contributed by atoms with Gasteiger partial charge < -0.3 is 16.1 Å². The van der Waals surface area contributed by atoms with Gasteiger partial charge >= 0.3 is 0 Å². The Bertz CT molecular complexity index is 406. The maximum Gasteiger partial charge on any atom is 0.236 e. The van der Waals surface area contributed by atoms with E-state index in [1.165, 1.54) is 6.33 Å². The van der Waals surface area contributed by atoms with Crippen molar-refractivity contribution in [3.05, 3.63) is 11.9 Å². The molecule has 0 aliphatic carbocycles. The number of nitrogen functional groups attached to an aromatic ring is 1. The lowest BCUT2D eigenvalue weighted by Crippen LogP contribution is -2.32. The van der Waals surface area contributed by atoms with Gasteiger partial charge in [0, 0.05) is 12.6 Å². The van der Waals surface area contributed by atoms with Gasteiger partial charge in [-0.3, -0.25) is 4.79 Å². The Morgan fingerprint density at radius 1 is 1.53 bits per heavy atom. The molecule has 0 aliphatic rings. The number of nitrogens with one attached hydrogen (secondary N) is 1. The van der Waals surface area contributed by atoms with Gasteiger partial charge in [-0.1, -0.05) is 13.8 Å². The van der Waals surface area contributed by atoms with Gasteiger partial charge in [0.05, 0.1) is 6.54 Å². The van der Waals surface area contributed by atoms with E-state index in [-0.39, 0.29) is 12.5 Å². The Morgan fingerprint density at radius 3 is 2.65 bits per heavy atom. The van der Waals surface area contributed by atoms with Gasteiger partial charge in [-0.15, -0.1) is 0 Å². The summed E-state index contributed by atoms with van der Waals surface area (Å²) in [4.78, 5) is 20.8. The van der Waals surface area contributed by atoms with Crippen LogP contribution in [0, 0.1) is 0 Å². The minimum absolute atomic E-state index is 0.0980. The van der Waals surface area contributed by atoms with Gasteiger partial charge in [0.2, 0.25) is 5.91 Å². The second kappa shape index (κ2) is 5.44. The van der Waals surface area contributed by atoms with Gasteiger partial charge in [0.1, 0.15) is 18.0 Å².